The summed E-state index contributed by atoms with van der Waals surface area (Å²) in [5, 5.41) is 3.60. The maximum Gasteiger partial charge on any atom is 0.00966 e. The highest BCUT2D eigenvalue weighted by Crippen LogP contribution is 2.11. The van der Waals surface area contributed by atoms with Crippen LogP contribution in [0.25, 0.3) is 0 Å². The Morgan fingerprint density at radius 3 is 2.12 bits per heavy atom. The predicted molar refractivity (Wildman–Crippen MR) is 71.8 cm³/mol. The van der Waals surface area contributed by atoms with Gasteiger partial charge in [-0.3, -0.25) is 0 Å². The second kappa shape index (κ2) is 6.61. The van der Waals surface area contributed by atoms with E-state index in [9.17, 15) is 0 Å². The Labute approximate surface area is 102 Å². The standard InChI is InChI=1S/C14H30N2/c1-13(11-15-14(2,3)4)12-16-9-7-5-6-8-10-16/h13,15H,5-12H2,1-4H3. The summed E-state index contributed by atoms with van der Waals surface area (Å²) in [5.74, 6) is 0.761. The average Bonchev–Trinajstić information content (AvgIpc) is 2.42. The summed E-state index contributed by atoms with van der Waals surface area (Å²) >= 11 is 0. The van der Waals surface area contributed by atoms with E-state index in [2.05, 4.69) is 37.9 Å². The van der Waals surface area contributed by atoms with Gasteiger partial charge in [0.15, 0.2) is 0 Å². The van der Waals surface area contributed by atoms with Crippen molar-refractivity contribution in [2.24, 2.45) is 5.92 Å². The molecule has 2 heteroatoms. The van der Waals surface area contributed by atoms with Crippen LogP contribution in [0.4, 0.5) is 0 Å². The Hall–Kier alpha value is -0.0800. The first-order chi connectivity index (χ1) is 7.47. The largest absolute Gasteiger partial charge is 0.312 e. The number of hydrogen-bond donors (Lipinski definition) is 1. The molecule has 1 fully saturated rings. The zero-order chi connectivity index (χ0) is 12.0. The summed E-state index contributed by atoms with van der Waals surface area (Å²) in [6, 6.07) is 0. The molecular weight excluding hydrogens is 196 g/mol. The highest BCUT2D eigenvalue weighted by atomic mass is 15.1. The van der Waals surface area contributed by atoms with Gasteiger partial charge in [0.1, 0.15) is 0 Å². The Balaban J connectivity index is 2.19. The van der Waals surface area contributed by atoms with Crippen molar-refractivity contribution in [2.75, 3.05) is 26.2 Å². The molecule has 16 heavy (non-hydrogen) atoms. The fraction of sp³-hybridized carbons (Fsp3) is 1.00. The van der Waals surface area contributed by atoms with Crippen molar-refractivity contribution >= 4 is 0 Å². The quantitative estimate of drug-likeness (QED) is 0.793. The van der Waals surface area contributed by atoms with Gasteiger partial charge in [0.05, 0.1) is 0 Å². The van der Waals surface area contributed by atoms with Gasteiger partial charge in [0.25, 0.3) is 0 Å². The topological polar surface area (TPSA) is 15.3 Å². The van der Waals surface area contributed by atoms with E-state index < -0.39 is 0 Å². The minimum Gasteiger partial charge on any atom is -0.312 e. The minimum atomic E-state index is 0.257. The second-order valence-corrected chi connectivity index (χ2v) is 6.45. The van der Waals surface area contributed by atoms with Gasteiger partial charge in [-0.05, 0) is 59.2 Å². The first-order valence-electron chi connectivity index (χ1n) is 6.95. The lowest BCUT2D eigenvalue weighted by Crippen LogP contribution is -2.41. The van der Waals surface area contributed by atoms with Gasteiger partial charge in [0.2, 0.25) is 0 Å². The smallest absolute Gasteiger partial charge is 0.00966 e. The highest BCUT2D eigenvalue weighted by molar-refractivity contribution is 4.74. The molecule has 1 heterocycles. The van der Waals surface area contributed by atoms with Crippen LogP contribution in [0.2, 0.25) is 0 Å². The van der Waals surface area contributed by atoms with E-state index in [1.807, 2.05) is 0 Å². The Bertz CT molecular complexity index is 176. The van der Waals surface area contributed by atoms with Gasteiger partial charge < -0.3 is 10.2 Å². The van der Waals surface area contributed by atoms with Crippen LogP contribution >= 0.6 is 0 Å². The lowest BCUT2D eigenvalue weighted by atomic mass is 10.1. The summed E-state index contributed by atoms with van der Waals surface area (Å²) in [4.78, 5) is 2.65. The molecule has 0 amide bonds. The normalized spacial score (nSPS) is 21.8. The van der Waals surface area contributed by atoms with Crippen molar-refractivity contribution in [3.05, 3.63) is 0 Å². The molecule has 1 rings (SSSR count). The highest BCUT2D eigenvalue weighted by Gasteiger charge is 2.15. The molecule has 1 aliphatic rings. The van der Waals surface area contributed by atoms with Gasteiger partial charge in [-0.15, -0.1) is 0 Å². The third-order valence-corrected chi connectivity index (χ3v) is 3.25. The average molecular weight is 226 g/mol. The number of nitrogens with zero attached hydrogens (tertiary/aromatic N) is 1. The Morgan fingerprint density at radius 2 is 1.62 bits per heavy atom. The van der Waals surface area contributed by atoms with Crippen LogP contribution < -0.4 is 5.32 Å². The van der Waals surface area contributed by atoms with Crippen LogP contribution in [-0.2, 0) is 0 Å². The molecule has 0 radical (unpaired) electrons. The molecular formula is C14H30N2. The lowest BCUT2D eigenvalue weighted by Gasteiger charge is -2.27. The van der Waals surface area contributed by atoms with Gasteiger partial charge in [-0.25, -0.2) is 0 Å². The van der Waals surface area contributed by atoms with Crippen LogP contribution in [0.15, 0.2) is 0 Å². The number of hydrogen-bond acceptors (Lipinski definition) is 2. The summed E-state index contributed by atoms with van der Waals surface area (Å²) in [6.07, 6.45) is 5.68. The van der Waals surface area contributed by atoms with E-state index in [0.29, 0.717) is 0 Å². The van der Waals surface area contributed by atoms with Crippen LogP contribution in [0.1, 0.15) is 53.4 Å². The molecule has 1 atom stereocenters. The maximum atomic E-state index is 3.60. The molecule has 0 spiro atoms. The zero-order valence-electron chi connectivity index (χ0n) is 11.7. The SMILES string of the molecule is CC(CNC(C)(C)C)CN1CCCCCC1. The first kappa shape index (κ1) is 14.0. The Kier molecular flexibility index (Phi) is 5.77. The molecule has 0 aromatic rings. The molecule has 0 aromatic carbocycles. The zero-order valence-corrected chi connectivity index (χ0v) is 11.7. The van der Waals surface area contributed by atoms with Crippen LogP contribution in [0, 0.1) is 5.92 Å². The lowest BCUT2D eigenvalue weighted by molar-refractivity contribution is 0.235. The molecule has 1 aliphatic heterocycles. The maximum absolute atomic E-state index is 3.60. The van der Waals surface area contributed by atoms with Crippen molar-refractivity contribution in [1.29, 1.82) is 0 Å². The van der Waals surface area contributed by atoms with Crippen molar-refractivity contribution in [3.8, 4) is 0 Å². The summed E-state index contributed by atoms with van der Waals surface area (Å²) < 4.78 is 0. The van der Waals surface area contributed by atoms with E-state index >= 15 is 0 Å². The van der Waals surface area contributed by atoms with Crippen LogP contribution in [0.3, 0.4) is 0 Å². The third-order valence-electron chi connectivity index (χ3n) is 3.25. The number of rotatable bonds is 4. The first-order valence-corrected chi connectivity index (χ1v) is 6.95. The molecule has 0 saturated carbocycles. The summed E-state index contributed by atoms with van der Waals surface area (Å²) in [5.41, 5.74) is 0.257. The second-order valence-electron chi connectivity index (χ2n) is 6.45. The molecule has 2 nitrogen and oxygen atoms in total. The van der Waals surface area contributed by atoms with E-state index in [0.717, 1.165) is 12.5 Å². The molecule has 0 bridgehead atoms. The van der Waals surface area contributed by atoms with Crippen molar-refractivity contribution in [1.82, 2.24) is 10.2 Å². The molecule has 96 valence electrons. The van der Waals surface area contributed by atoms with Gasteiger partial charge in [-0.1, -0.05) is 19.8 Å². The van der Waals surface area contributed by atoms with E-state index in [1.54, 1.807) is 0 Å². The van der Waals surface area contributed by atoms with Crippen LogP contribution in [-0.4, -0.2) is 36.6 Å². The van der Waals surface area contributed by atoms with Crippen LogP contribution in [0.5, 0.6) is 0 Å². The van der Waals surface area contributed by atoms with Gasteiger partial charge >= 0.3 is 0 Å². The molecule has 0 aliphatic carbocycles. The van der Waals surface area contributed by atoms with Gasteiger partial charge in [-0.2, -0.15) is 0 Å². The van der Waals surface area contributed by atoms with Crippen molar-refractivity contribution in [2.45, 2.75) is 58.9 Å². The summed E-state index contributed by atoms with van der Waals surface area (Å²) in [6.45, 7) is 14.1. The fourth-order valence-electron chi connectivity index (χ4n) is 2.30. The van der Waals surface area contributed by atoms with Gasteiger partial charge in [0, 0.05) is 12.1 Å². The third kappa shape index (κ3) is 6.49. The molecule has 1 N–H and O–H groups in total. The van der Waals surface area contributed by atoms with E-state index in [4.69, 9.17) is 0 Å². The fourth-order valence-corrected chi connectivity index (χ4v) is 2.30. The Morgan fingerprint density at radius 1 is 1.06 bits per heavy atom. The molecule has 1 saturated heterocycles. The molecule has 0 aromatic heterocycles. The summed E-state index contributed by atoms with van der Waals surface area (Å²) in [7, 11) is 0. The predicted octanol–water partition coefficient (Wildman–Crippen LogP) is 2.89. The van der Waals surface area contributed by atoms with E-state index in [1.165, 1.54) is 45.3 Å². The molecule has 1 unspecified atom stereocenters. The van der Waals surface area contributed by atoms with Crippen molar-refractivity contribution in [3.63, 3.8) is 0 Å². The van der Waals surface area contributed by atoms with Crippen molar-refractivity contribution < 1.29 is 0 Å². The number of likely N-dealkylation sites (tertiary alicyclic amines) is 1. The number of nitrogens with one attached hydrogen (secondary N) is 1. The monoisotopic (exact) mass is 226 g/mol. The minimum absolute atomic E-state index is 0.257. The van der Waals surface area contributed by atoms with E-state index in [-0.39, 0.29) is 5.54 Å².